The molecule has 0 aliphatic heterocycles. The zero-order valence-electron chi connectivity index (χ0n) is 12.4. The monoisotopic (exact) mass is 316 g/mol. The van der Waals surface area contributed by atoms with E-state index in [-0.39, 0.29) is 18.1 Å². The van der Waals surface area contributed by atoms with Crippen LogP contribution in [0.1, 0.15) is 6.92 Å². The second-order valence-corrected chi connectivity index (χ2v) is 6.79. The third-order valence-electron chi connectivity index (χ3n) is 2.83. The van der Waals surface area contributed by atoms with Gasteiger partial charge in [0.2, 0.25) is 0 Å². The van der Waals surface area contributed by atoms with Crippen LogP contribution in [0.4, 0.5) is 0 Å². The maximum Gasteiger partial charge on any atom is 0.309 e. The molecule has 1 aromatic carbocycles. The molecule has 6 nitrogen and oxygen atoms in total. The highest BCUT2D eigenvalue weighted by Crippen LogP contribution is 2.17. The SMILES string of the molecule is COC(=O)C(C)CS(=O)(=O)CCOc1ccc(OC)cc1. The summed E-state index contributed by atoms with van der Waals surface area (Å²) in [7, 11) is -0.575. The Morgan fingerprint density at radius 3 is 2.24 bits per heavy atom. The largest absolute Gasteiger partial charge is 0.497 e. The van der Waals surface area contributed by atoms with Crippen LogP contribution in [-0.2, 0) is 19.4 Å². The molecule has 0 radical (unpaired) electrons. The molecule has 0 heterocycles. The first-order valence-corrected chi connectivity index (χ1v) is 8.25. The molecule has 0 N–H and O–H groups in total. The molecule has 0 amide bonds. The Kier molecular flexibility index (Phi) is 6.48. The van der Waals surface area contributed by atoms with Crippen molar-refractivity contribution in [2.24, 2.45) is 5.92 Å². The number of esters is 1. The van der Waals surface area contributed by atoms with E-state index in [1.54, 1.807) is 31.4 Å². The minimum atomic E-state index is -3.37. The first kappa shape index (κ1) is 17.3. The fourth-order valence-corrected chi connectivity index (χ4v) is 3.09. The molecular formula is C14H20O6S. The molecule has 118 valence electrons. The molecule has 0 bridgehead atoms. The fraction of sp³-hybridized carbons (Fsp3) is 0.500. The Morgan fingerprint density at radius 2 is 1.71 bits per heavy atom. The van der Waals surface area contributed by atoms with Crippen LogP contribution < -0.4 is 9.47 Å². The van der Waals surface area contributed by atoms with E-state index in [9.17, 15) is 13.2 Å². The van der Waals surface area contributed by atoms with Gasteiger partial charge in [0.05, 0.1) is 31.6 Å². The highest BCUT2D eigenvalue weighted by atomic mass is 32.2. The molecule has 7 heteroatoms. The summed E-state index contributed by atoms with van der Waals surface area (Å²) in [6.45, 7) is 1.55. The van der Waals surface area contributed by atoms with E-state index in [2.05, 4.69) is 4.74 Å². The van der Waals surface area contributed by atoms with Crippen molar-refractivity contribution in [1.82, 2.24) is 0 Å². The van der Waals surface area contributed by atoms with Crippen molar-refractivity contribution in [3.8, 4) is 11.5 Å². The quantitative estimate of drug-likeness (QED) is 0.673. The first-order chi connectivity index (χ1) is 9.88. The van der Waals surface area contributed by atoms with E-state index in [1.165, 1.54) is 14.0 Å². The maximum absolute atomic E-state index is 11.8. The molecule has 0 aliphatic rings. The topological polar surface area (TPSA) is 78.9 Å². The van der Waals surface area contributed by atoms with Crippen molar-refractivity contribution < 1.29 is 27.4 Å². The minimum Gasteiger partial charge on any atom is -0.497 e. The van der Waals surface area contributed by atoms with Gasteiger partial charge in [-0.2, -0.15) is 0 Å². The lowest BCUT2D eigenvalue weighted by Crippen LogP contribution is -2.26. The number of hydrogen-bond donors (Lipinski definition) is 0. The second kappa shape index (κ2) is 7.87. The van der Waals surface area contributed by atoms with Gasteiger partial charge < -0.3 is 14.2 Å². The standard InChI is InChI=1S/C14H20O6S/c1-11(14(15)19-3)10-21(16,17)9-8-20-13-6-4-12(18-2)5-7-13/h4-7,11H,8-10H2,1-3H3. The molecule has 1 unspecified atom stereocenters. The molecule has 0 saturated carbocycles. The molecule has 0 aliphatic carbocycles. The van der Waals surface area contributed by atoms with Crippen LogP contribution in [0.3, 0.4) is 0 Å². The zero-order valence-corrected chi connectivity index (χ0v) is 13.2. The predicted octanol–water partition coefficient (Wildman–Crippen LogP) is 1.30. The van der Waals surface area contributed by atoms with Crippen LogP contribution in [0.2, 0.25) is 0 Å². The maximum atomic E-state index is 11.8. The van der Waals surface area contributed by atoms with Gasteiger partial charge >= 0.3 is 5.97 Å². The van der Waals surface area contributed by atoms with E-state index >= 15 is 0 Å². The second-order valence-electron chi connectivity index (χ2n) is 4.56. The van der Waals surface area contributed by atoms with Crippen LogP contribution in [0.25, 0.3) is 0 Å². The van der Waals surface area contributed by atoms with Gasteiger partial charge in [-0.3, -0.25) is 4.79 Å². The summed E-state index contributed by atoms with van der Waals surface area (Å²) in [5.41, 5.74) is 0. The number of hydrogen-bond acceptors (Lipinski definition) is 6. The Bertz CT molecular complexity index is 549. The molecule has 1 aromatic rings. The van der Waals surface area contributed by atoms with Crippen molar-refractivity contribution in [2.45, 2.75) is 6.92 Å². The Morgan fingerprint density at radius 1 is 1.14 bits per heavy atom. The van der Waals surface area contributed by atoms with Crippen molar-refractivity contribution in [3.63, 3.8) is 0 Å². The van der Waals surface area contributed by atoms with Gasteiger partial charge in [-0.15, -0.1) is 0 Å². The number of carbonyl (C=O) groups is 1. The summed E-state index contributed by atoms with van der Waals surface area (Å²) in [5, 5.41) is 0. The van der Waals surface area contributed by atoms with Crippen LogP contribution in [0.5, 0.6) is 11.5 Å². The summed E-state index contributed by atoms with van der Waals surface area (Å²) in [6.07, 6.45) is 0. The molecule has 21 heavy (non-hydrogen) atoms. The summed E-state index contributed by atoms with van der Waals surface area (Å²) in [4.78, 5) is 11.2. The Balaban J connectivity index is 2.44. The summed E-state index contributed by atoms with van der Waals surface area (Å²) < 4.78 is 38.6. The van der Waals surface area contributed by atoms with Crippen molar-refractivity contribution in [3.05, 3.63) is 24.3 Å². The lowest BCUT2D eigenvalue weighted by molar-refractivity contribution is -0.144. The van der Waals surface area contributed by atoms with Crippen LogP contribution in [0, 0.1) is 5.92 Å². The fourth-order valence-electron chi connectivity index (χ4n) is 1.69. The van der Waals surface area contributed by atoms with E-state index in [0.717, 1.165) is 0 Å². The smallest absolute Gasteiger partial charge is 0.309 e. The van der Waals surface area contributed by atoms with E-state index < -0.39 is 21.7 Å². The van der Waals surface area contributed by atoms with Crippen molar-refractivity contribution >= 4 is 15.8 Å². The number of sulfone groups is 1. The summed E-state index contributed by atoms with van der Waals surface area (Å²) in [6, 6.07) is 6.84. The highest BCUT2D eigenvalue weighted by molar-refractivity contribution is 7.91. The van der Waals surface area contributed by atoms with Crippen molar-refractivity contribution in [1.29, 1.82) is 0 Å². The predicted molar refractivity (Wildman–Crippen MR) is 78.3 cm³/mol. The number of rotatable bonds is 8. The first-order valence-electron chi connectivity index (χ1n) is 6.43. The van der Waals surface area contributed by atoms with Gasteiger partial charge in [-0.25, -0.2) is 8.42 Å². The third-order valence-corrected chi connectivity index (χ3v) is 4.63. The number of benzene rings is 1. The number of ether oxygens (including phenoxy) is 3. The van der Waals surface area contributed by atoms with Crippen LogP contribution in [-0.4, -0.2) is 46.7 Å². The summed E-state index contributed by atoms with van der Waals surface area (Å²) in [5.74, 6) is -0.351. The third kappa shape index (κ3) is 6.03. The zero-order chi connectivity index (χ0) is 15.9. The van der Waals surface area contributed by atoms with Crippen molar-refractivity contribution in [2.75, 3.05) is 32.3 Å². The Hall–Kier alpha value is -1.76. The van der Waals surface area contributed by atoms with Gasteiger partial charge in [0, 0.05) is 0 Å². The molecule has 0 spiro atoms. The number of carbonyl (C=O) groups excluding carboxylic acids is 1. The minimum absolute atomic E-state index is 0.0303. The molecular weight excluding hydrogens is 296 g/mol. The van der Waals surface area contributed by atoms with E-state index in [0.29, 0.717) is 11.5 Å². The van der Waals surface area contributed by atoms with Gasteiger partial charge in [-0.05, 0) is 24.3 Å². The average molecular weight is 316 g/mol. The van der Waals surface area contributed by atoms with Gasteiger partial charge in [-0.1, -0.05) is 6.92 Å². The summed E-state index contributed by atoms with van der Waals surface area (Å²) >= 11 is 0. The van der Waals surface area contributed by atoms with Gasteiger partial charge in [0.1, 0.15) is 18.1 Å². The van der Waals surface area contributed by atoms with E-state index in [4.69, 9.17) is 9.47 Å². The lowest BCUT2D eigenvalue weighted by atomic mass is 10.2. The van der Waals surface area contributed by atoms with Crippen LogP contribution in [0.15, 0.2) is 24.3 Å². The normalized spacial score (nSPS) is 12.5. The van der Waals surface area contributed by atoms with E-state index in [1.807, 2.05) is 0 Å². The molecule has 0 aromatic heterocycles. The van der Waals surface area contributed by atoms with Gasteiger partial charge in [0.25, 0.3) is 0 Å². The molecule has 0 fully saturated rings. The molecule has 1 rings (SSSR count). The lowest BCUT2D eigenvalue weighted by Gasteiger charge is -2.11. The highest BCUT2D eigenvalue weighted by Gasteiger charge is 2.22. The number of methoxy groups -OCH3 is 2. The average Bonchev–Trinajstić information content (AvgIpc) is 2.46. The molecule has 0 saturated heterocycles. The van der Waals surface area contributed by atoms with Gasteiger partial charge in [0.15, 0.2) is 9.84 Å². The Labute approximate surface area is 124 Å². The molecule has 1 atom stereocenters. The van der Waals surface area contributed by atoms with Crippen LogP contribution >= 0.6 is 0 Å².